The van der Waals surface area contributed by atoms with E-state index in [9.17, 15) is 4.79 Å². The van der Waals surface area contributed by atoms with Gasteiger partial charge >= 0.3 is 0 Å². The summed E-state index contributed by atoms with van der Waals surface area (Å²) in [5, 5.41) is 4.02. The number of aromatic nitrogens is 1. The Morgan fingerprint density at radius 3 is 2.73 bits per heavy atom. The Morgan fingerprint density at radius 1 is 1.14 bits per heavy atom. The van der Waals surface area contributed by atoms with Crippen molar-refractivity contribution in [2.24, 2.45) is 0 Å². The monoisotopic (exact) mass is 357 g/mol. The van der Waals surface area contributed by atoms with Crippen molar-refractivity contribution in [3.05, 3.63) is 70.4 Å². The number of halogens is 1. The predicted octanol–water partition coefficient (Wildman–Crippen LogP) is 4.50. The van der Waals surface area contributed by atoms with Crippen molar-refractivity contribution >= 4 is 22.2 Å². The number of hydrogen-bond donors (Lipinski definition) is 0. The fourth-order valence-electron chi connectivity index (χ4n) is 2.02. The van der Waals surface area contributed by atoms with Crippen LogP contribution in [0.25, 0.3) is 11.3 Å². The first-order valence-corrected chi connectivity index (χ1v) is 7.44. The van der Waals surface area contributed by atoms with Crippen LogP contribution in [0, 0.1) is 0 Å². The standard InChI is InChI=1S/C17H12BrNO3/c18-14-6-7-17(13(8-14)10-20)21-11-15-9-16(19-22-15)12-4-2-1-3-5-12/h1-10H,11H2. The second-order valence-corrected chi connectivity index (χ2v) is 5.55. The average molecular weight is 358 g/mol. The van der Waals surface area contributed by atoms with Crippen molar-refractivity contribution in [2.75, 3.05) is 0 Å². The fourth-order valence-corrected chi connectivity index (χ4v) is 2.40. The first-order chi connectivity index (χ1) is 10.8. The van der Waals surface area contributed by atoms with Crippen LogP contribution in [0.15, 0.2) is 63.6 Å². The van der Waals surface area contributed by atoms with E-state index in [4.69, 9.17) is 9.26 Å². The third kappa shape index (κ3) is 3.26. The fraction of sp³-hybridized carbons (Fsp3) is 0.0588. The normalized spacial score (nSPS) is 10.4. The van der Waals surface area contributed by atoms with Crippen molar-refractivity contribution in [1.29, 1.82) is 0 Å². The molecule has 0 spiro atoms. The van der Waals surface area contributed by atoms with Gasteiger partial charge in [-0.1, -0.05) is 51.4 Å². The largest absolute Gasteiger partial charge is 0.485 e. The number of rotatable bonds is 5. The lowest BCUT2D eigenvalue weighted by Crippen LogP contribution is -1.97. The summed E-state index contributed by atoms with van der Waals surface area (Å²) in [4.78, 5) is 11.0. The number of hydrogen-bond acceptors (Lipinski definition) is 4. The molecule has 1 heterocycles. The molecule has 22 heavy (non-hydrogen) atoms. The van der Waals surface area contributed by atoms with Gasteiger partial charge in [0.2, 0.25) is 0 Å². The molecule has 1 aromatic heterocycles. The van der Waals surface area contributed by atoms with Crippen LogP contribution in [0.1, 0.15) is 16.1 Å². The summed E-state index contributed by atoms with van der Waals surface area (Å²) in [6.45, 7) is 0.211. The number of nitrogens with zero attached hydrogens (tertiary/aromatic N) is 1. The molecule has 110 valence electrons. The molecule has 2 aromatic carbocycles. The lowest BCUT2D eigenvalue weighted by molar-refractivity contribution is 0.111. The molecule has 0 saturated carbocycles. The number of aldehydes is 1. The Morgan fingerprint density at radius 2 is 1.95 bits per heavy atom. The van der Waals surface area contributed by atoms with Gasteiger partial charge in [-0.05, 0) is 18.2 Å². The van der Waals surface area contributed by atoms with E-state index in [2.05, 4.69) is 21.1 Å². The quantitative estimate of drug-likeness (QED) is 0.631. The smallest absolute Gasteiger partial charge is 0.174 e. The highest BCUT2D eigenvalue weighted by Gasteiger charge is 2.09. The van der Waals surface area contributed by atoms with Gasteiger partial charge in [0.1, 0.15) is 18.1 Å². The van der Waals surface area contributed by atoms with Crippen molar-refractivity contribution in [3.8, 4) is 17.0 Å². The van der Waals surface area contributed by atoms with Gasteiger partial charge in [-0.15, -0.1) is 0 Å². The minimum Gasteiger partial charge on any atom is -0.485 e. The predicted molar refractivity (Wildman–Crippen MR) is 85.8 cm³/mol. The van der Waals surface area contributed by atoms with Crippen LogP contribution in [0.2, 0.25) is 0 Å². The van der Waals surface area contributed by atoms with Gasteiger partial charge < -0.3 is 9.26 Å². The summed E-state index contributed by atoms with van der Waals surface area (Å²) in [6, 6.07) is 16.8. The maximum atomic E-state index is 11.0. The van der Waals surface area contributed by atoms with Gasteiger partial charge in [0, 0.05) is 16.1 Å². The molecular formula is C17H12BrNO3. The van der Waals surface area contributed by atoms with Gasteiger partial charge in [0.15, 0.2) is 12.0 Å². The van der Waals surface area contributed by atoms with Crippen LogP contribution in [0.4, 0.5) is 0 Å². The molecule has 0 N–H and O–H groups in total. The molecule has 0 amide bonds. The lowest BCUT2D eigenvalue weighted by atomic mass is 10.1. The van der Waals surface area contributed by atoms with Crippen LogP contribution >= 0.6 is 15.9 Å². The zero-order chi connectivity index (χ0) is 15.4. The van der Waals surface area contributed by atoms with Crippen molar-refractivity contribution in [1.82, 2.24) is 5.16 Å². The Kier molecular flexibility index (Phi) is 4.34. The minimum atomic E-state index is 0.211. The Balaban J connectivity index is 1.73. The number of benzene rings is 2. The zero-order valence-electron chi connectivity index (χ0n) is 11.5. The van der Waals surface area contributed by atoms with Crippen LogP contribution in [-0.4, -0.2) is 11.4 Å². The van der Waals surface area contributed by atoms with Gasteiger partial charge in [0.05, 0.1) is 5.56 Å². The van der Waals surface area contributed by atoms with Crippen LogP contribution in [0.5, 0.6) is 5.75 Å². The molecule has 0 aliphatic heterocycles. The number of ether oxygens (including phenoxy) is 1. The van der Waals surface area contributed by atoms with Crippen molar-refractivity contribution < 1.29 is 14.1 Å². The van der Waals surface area contributed by atoms with Gasteiger partial charge in [0.25, 0.3) is 0 Å². The van der Waals surface area contributed by atoms with E-state index in [1.165, 1.54) is 0 Å². The molecule has 0 atom stereocenters. The number of carbonyl (C=O) groups excluding carboxylic acids is 1. The highest BCUT2D eigenvalue weighted by Crippen LogP contribution is 2.24. The molecule has 0 aliphatic rings. The molecule has 0 aliphatic carbocycles. The van der Waals surface area contributed by atoms with E-state index < -0.39 is 0 Å². The number of carbonyl (C=O) groups is 1. The Hall–Kier alpha value is -2.40. The molecule has 0 unspecified atom stereocenters. The SMILES string of the molecule is O=Cc1cc(Br)ccc1OCc1cc(-c2ccccc2)no1. The maximum absolute atomic E-state index is 11.0. The average Bonchev–Trinajstić information content (AvgIpc) is 3.03. The van der Waals surface area contributed by atoms with Crippen molar-refractivity contribution in [2.45, 2.75) is 6.61 Å². The van der Waals surface area contributed by atoms with E-state index >= 15 is 0 Å². The van der Waals surface area contributed by atoms with Crippen LogP contribution < -0.4 is 4.74 Å². The molecule has 0 bridgehead atoms. The molecule has 5 heteroatoms. The van der Waals surface area contributed by atoms with Crippen molar-refractivity contribution in [3.63, 3.8) is 0 Å². The first kappa shape index (κ1) is 14.5. The second-order valence-electron chi connectivity index (χ2n) is 4.63. The van der Waals surface area contributed by atoms with E-state index in [-0.39, 0.29) is 6.61 Å². The van der Waals surface area contributed by atoms with E-state index in [0.29, 0.717) is 17.1 Å². The van der Waals surface area contributed by atoms with Gasteiger partial charge in [-0.3, -0.25) is 4.79 Å². The van der Waals surface area contributed by atoms with E-state index in [1.807, 2.05) is 42.5 Å². The molecule has 3 aromatic rings. The zero-order valence-corrected chi connectivity index (χ0v) is 13.1. The minimum absolute atomic E-state index is 0.211. The van der Waals surface area contributed by atoms with Crippen LogP contribution in [-0.2, 0) is 6.61 Å². The topological polar surface area (TPSA) is 52.3 Å². The Bertz CT molecular complexity index is 784. The van der Waals surface area contributed by atoms with Gasteiger partial charge in [-0.2, -0.15) is 0 Å². The summed E-state index contributed by atoms with van der Waals surface area (Å²) >= 11 is 3.32. The molecule has 4 nitrogen and oxygen atoms in total. The highest BCUT2D eigenvalue weighted by molar-refractivity contribution is 9.10. The summed E-state index contributed by atoms with van der Waals surface area (Å²) in [7, 11) is 0. The summed E-state index contributed by atoms with van der Waals surface area (Å²) in [5.74, 6) is 1.11. The maximum Gasteiger partial charge on any atom is 0.174 e. The molecule has 0 radical (unpaired) electrons. The molecule has 0 fully saturated rings. The van der Waals surface area contributed by atoms with Crippen LogP contribution in [0.3, 0.4) is 0 Å². The highest BCUT2D eigenvalue weighted by atomic mass is 79.9. The van der Waals surface area contributed by atoms with E-state index in [1.54, 1.807) is 12.1 Å². The summed E-state index contributed by atoms with van der Waals surface area (Å²) in [5.41, 5.74) is 2.22. The molecule has 3 rings (SSSR count). The second kappa shape index (κ2) is 6.58. The Labute approximate surface area is 135 Å². The third-order valence-corrected chi connectivity index (χ3v) is 3.59. The molecular weight excluding hydrogens is 346 g/mol. The first-order valence-electron chi connectivity index (χ1n) is 6.65. The summed E-state index contributed by atoms with van der Waals surface area (Å²) in [6.07, 6.45) is 0.760. The van der Waals surface area contributed by atoms with E-state index in [0.717, 1.165) is 22.0 Å². The summed E-state index contributed by atoms with van der Waals surface area (Å²) < 4.78 is 11.7. The third-order valence-electron chi connectivity index (χ3n) is 3.10. The molecule has 0 saturated heterocycles. The lowest BCUT2D eigenvalue weighted by Gasteiger charge is -2.06. The van der Waals surface area contributed by atoms with Gasteiger partial charge in [-0.25, -0.2) is 0 Å².